The van der Waals surface area contributed by atoms with E-state index in [0.29, 0.717) is 0 Å². The third kappa shape index (κ3) is 3.68. The summed E-state index contributed by atoms with van der Waals surface area (Å²) < 4.78 is 5.24. The van der Waals surface area contributed by atoms with Crippen molar-refractivity contribution in [2.75, 3.05) is 18.6 Å². The Morgan fingerprint density at radius 2 is 2.14 bits per heavy atom. The maximum Gasteiger partial charge on any atom is 0.132 e. The zero-order chi connectivity index (χ0) is 10.2. The van der Waals surface area contributed by atoms with Crippen molar-refractivity contribution in [2.45, 2.75) is 4.90 Å². The van der Waals surface area contributed by atoms with Crippen LogP contribution in [0, 0.1) is 0 Å². The van der Waals surface area contributed by atoms with Gasteiger partial charge in [-0.05, 0) is 12.1 Å². The van der Waals surface area contributed by atoms with E-state index in [-0.39, 0.29) is 0 Å². The molecular weight excluding hydrogens is 212 g/mol. The second-order valence-corrected chi connectivity index (χ2v) is 4.04. The maximum absolute atomic E-state index is 5.24. The van der Waals surface area contributed by atoms with E-state index in [0.717, 1.165) is 17.3 Å². The van der Waals surface area contributed by atoms with E-state index in [1.165, 1.54) is 4.90 Å². The molecular formula is C11H14OS2. The van der Waals surface area contributed by atoms with Gasteiger partial charge in [0, 0.05) is 16.4 Å². The minimum atomic E-state index is 0.798. The molecule has 0 radical (unpaired) electrons. The largest absolute Gasteiger partial charge is 0.496 e. The van der Waals surface area contributed by atoms with Gasteiger partial charge in [0.05, 0.1) is 7.11 Å². The van der Waals surface area contributed by atoms with Crippen LogP contribution in [0.3, 0.4) is 0 Å². The summed E-state index contributed by atoms with van der Waals surface area (Å²) in [7, 11) is 1.70. The quantitative estimate of drug-likeness (QED) is 0.469. The minimum absolute atomic E-state index is 0.798. The summed E-state index contributed by atoms with van der Waals surface area (Å²) in [6, 6.07) is 8.04. The van der Waals surface area contributed by atoms with Gasteiger partial charge in [0.2, 0.25) is 0 Å². The summed E-state index contributed by atoms with van der Waals surface area (Å²) in [6.07, 6.45) is 4.16. The molecule has 1 nitrogen and oxygen atoms in total. The minimum Gasteiger partial charge on any atom is -0.496 e. The van der Waals surface area contributed by atoms with E-state index in [2.05, 4.69) is 24.8 Å². The molecule has 1 rings (SSSR count). The average Bonchev–Trinajstić information content (AvgIpc) is 2.25. The van der Waals surface area contributed by atoms with Crippen LogP contribution in [0.4, 0.5) is 0 Å². The fourth-order valence-electron chi connectivity index (χ4n) is 1.02. The molecule has 0 spiro atoms. The van der Waals surface area contributed by atoms with E-state index in [4.69, 9.17) is 4.74 Å². The Kier molecular flexibility index (Phi) is 5.64. The zero-order valence-corrected chi connectivity index (χ0v) is 9.85. The van der Waals surface area contributed by atoms with Crippen molar-refractivity contribution in [3.8, 4) is 5.75 Å². The van der Waals surface area contributed by atoms with Crippen molar-refractivity contribution in [1.82, 2.24) is 0 Å². The molecule has 1 aromatic rings. The van der Waals surface area contributed by atoms with Crippen molar-refractivity contribution in [3.63, 3.8) is 0 Å². The highest BCUT2D eigenvalue weighted by atomic mass is 32.2. The van der Waals surface area contributed by atoms with Gasteiger partial charge in [-0.3, -0.25) is 0 Å². The molecule has 0 aromatic heterocycles. The molecule has 0 atom stereocenters. The number of methoxy groups -OCH3 is 1. The van der Waals surface area contributed by atoms with E-state index in [9.17, 15) is 0 Å². The van der Waals surface area contributed by atoms with E-state index in [1.54, 1.807) is 18.9 Å². The van der Waals surface area contributed by atoms with Crippen molar-refractivity contribution in [1.29, 1.82) is 0 Å². The Labute approximate surface area is 95.0 Å². The van der Waals surface area contributed by atoms with Gasteiger partial charge in [0.1, 0.15) is 5.75 Å². The molecule has 0 bridgehead atoms. The SMILES string of the molecule is COc1ccccc1SCC=CCS. The van der Waals surface area contributed by atoms with Gasteiger partial charge in [-0.2, -0.15) is 12.6 Å². The average molecular weight is 226 g/mol. The monoisotopic (exact) mass is 226 g/mol. The van der Waals surface area contributed by atoms with Crippen LogP contribution >= 0.6 is 24.4 Å². The van der Waals surface area contributed by atoms with Crippen LogP contribution in [0.15, 0.2) is 41.3 Å². The number of thioether (sulfide) groups is 1. The summed E-state index contributed by atoms with van der Waals surface area (Å²) in [5, 5.41) is 0. The molecule has 0 saturated carbocycles. The van der Waals surface area contributed by atoms with Crippen LogP contribution in [0.5, 0.6) is 5.75 Å². The van der Waals surface area contributed by atoms with Gasteiger partial charge in [-0.25, -0.2) is 0 Å². The van der Waals surface area contributed by atoms with E-state index < -0.39 is 0 Å². The maximum atomic E-state index is 5.24. The summed E-state index contributed by atoms with van der Waals surface area (Å²) >= 11 is 5.86. The second-order valence-electron chi connectivity index (χ2n) is 2.62. The fourth-order valence-corrected chi connectivity index (χ4v) is 2.05. The molecule has 0 heterocycles. The number of ether oxygens (including phenoxy) is 1. The summed E-state index contributed by atoms with van der Waals surface area (Å²) in [5.74, 6) is 2.70. The topological polar surface area (TPSA) is 9.23 Å². The first-order valence-corrected chi connectivity index (χ1v) is 6.02. The predicted octanol–water partition coefficient (Wildman–Crippen LogP) is 3.27. The van der Waals surface area contributed by atoms with Gasteiger partial charge in [0.25, 0.3) is 0 Å². The Morgan fingerprint density at radius 3 is 2.86 bits per heavy atom. The normalized spacial score (nSPS) is 10.7. The third-order valence-corrected chi connectivity index (χ3v) is 2.89. The highest BCUT2D eigenvalue weighted by Gasteiger charge is 1.99. The lowest BCUT2D eigenvalue weighted by atomic mass is 10.3. The van der Waals surface area contributed by atoms with Crippen LogP contribution in [0.25, 0.3) is 0 Å². The standard InChI is InChI=1S/C11H14OS2/c1-12-10-6-2-3-7-11(10)14-9-5-4-8-13/h2-7,13H,8-9H2,1H3. The van der Waals surface area contributed by atoms with Crippen molar-refractivity contribution in [2.24, 2.45) is 0 Å². The van der Waals surface area contributed by atoms with Crippen LogP contribution in [-0.2, 0) is 0 Å². The fraction of sp³-hybridized carbons (Fsp3) is 0.273. The molecule has 0 N–H and O–H groups in total. The van der Waals surface area contributed by atoms with Gasteiger partial charge in [-0.1, -0.05) is 24.3 Å². The Morgan fingerprint density at radius 1 is 1.36 bits per heavy atom. The van der Waals surface area contributed by atoms with Crippen LogP contribution in [0.2, 0.25) is 0 Å². The summed E-state index contributed by atoms with van der Waals surface area (Å²) in [4.78, 5) is 1.18. The molecule has 0 saturated heterocycles. The second kappa shape index (κ2) is 6.85. The number of hydrogen-bond acceptors (Lipinski definition) is 3. The molecule has 3 heteroatoms. The number of thiol groups is 1. The molecule has 76 valence electrons. The van der Waals surface area contributed by atoms with Crippen LogP contribution in [-0.4, -0.2) is 18.6 Å². The first kappa shape index (κ1) is 11.5. The molecule has 0 fully saturated rings. The molecule has 0 aliphatic carbocycles. The van der Waals surface area contributed by atoms with Gasteiger partial charge in [-0.15, -0.1) is 11.8 Å². The molecule has 0 amide bonds. The first-order chi connectivity index (χ1) is 6.88. The summed E-state index contributed by atoms with van der Waals surface area (Å²) in [5.41, 5.74) is 0. The van der Waals surface area contributed by atoms with Crippen LogP contribution in [0.1, 0.15) is 0 Å². The molecule has 0 aliphatic rings. The lowest BCUT2D eigenvalue weighted by Gasteiger charge is -2.05. The first-order valence-electron chi connectivity index (χ1n) is 4.40. The Balaban J connectivity index is 2.53. The predicted molar refractivity (Wildman–Crippen MR) is 66.7 cm³/mol. The van der Waals surface area contributed by atoms with Gasteiger partial charge >= 0.3 is 0 Å². The van der Waals surface area contributed by atoms with Crippen molar-refractivity contribution >= 4 is 24.4 Å². The van der Waals surface area contributed by atoms with Gasteiger partial charge < -0.3 is 4.74 Å². The smallest absolute Gasteiger partial charge is 0.132 e. The van der Waals surface area contributed by atoms with E-state index >= 15 is 0 Å². The Hall–Kier alpha value is -0.540. The number of rotatable bonds is 5. The molecule has 0 aliphatic heterocycles. The van der Waals surface area contributed by atoms with Crippen molar-refractivity contribution in [3.05, 3.63) is 36.4 Å². The Bertz CT molecular complexity index is 297. The number of hydrogen-bond donors (Lipinski definition) is 1. The molecule has 14 heavy (non-hydrogen) atoms. The number of benzene rings is 1. The highest BCUT2D eigenvalue weighted by molar-refractivity contribution is 7.99. The van der Waals surface area contributed by atoms with Gasteiger partial charge in [0.15, 0.2) is 0 Å². The number of para-hydroxylation sites is 1. The third-order valence-electron chi connectivity index (χ3n) is 1.68. The summed E-state index contributed by atoms with van der Waals surface area (Å²) in [6.45, 7) is 0. The zero-order valence-electron chi connectivity index (χ0n) is 8.14. The lowest BCUT2D eigenvalue weighted by Crippen LogP contribution is -1.85. The molecule has 1 aromatic carbocycles. The van der Waals surface area contributed by atoms with Crippen LogP contribution < -0.4 is 4.74 Å². The lowest BCUT2D eigenvalue weighted by molar-refractivity contribution is 0.405. The highest BCUT2D eigenvalue weighted by Crippen LogP contribution is 2.28. The van der Waals surface area contributed by atoms with Crippen molar-refractivity contribution < 1.29 is 4.74 Å². The van der Waals surface area contributed by atoms with E-state index in [1.807, 2.05) is 24.3 Å². The molecule has 0 unspecified atom stereocenters.